The summed E-state index contributed by atoms with van der Waals surface area (Å²) in [7, 11) is 0. The summed E-state index contributed by atoms with van der Waals surface area (Å²) in [5.74, 6) is -0.179. The SMILES string of the molecule is O=C(NC1(c2ccc(Cl)cc2)COC1)c1ccc(C2(O)COC2)cc1. The highest BCUT2D eigenvalue weighted by Crippen LogP contribution is 2.32. The monoisotopic (exact) mass is 359 g/mol. The lowest BCUT2D eigenvalue weighted by Crippen LogP contribution is -2.59. The van der Waals surface area contributed by atoms with Crippen molar-refractivity contribution in [3.05, 3.63) is 70.2 Å². The van der Waals surface area contributed by atoms with Gasteiger partial charge in [0, 0.05) is 10.6 Å². The quantitative estimate of drug-likeness (QED) is 0.878. The number of halogens is 1. The number of carbonyl (C=O) groups excluding carboxylic acids is 1. The number of amides is 1. The first kappa shape index (κ1) is 16.5. The fourth-order valence-electron chi connectivity index (χ4n) is 3.07. The van der Waals surface area contributed by atoms with E-state index < -0.39 is 11.1 Å². The Balaban J connectivity index is 1.51. The van der Waals surface area contributed by atoms with Gasteiger partial charge in [0.2, 0.25) is 0 Å². The number of ether oxygens (including phenoxy) is 2. The van der Waals surface area contributed by atoms with Crippen LogP contribution in [0.25, 0.3) is 0 Å². The van der Waals surface area contributed by atoms with Gasteiger partial charge in [-0.3, -0.25) is 4.79 Å². The lowest BCUT2D eigenvalue weighted by atomic mass is 9.87. The average Bonchev–Trinajstić information content (AvgIpc) is 2.57. The zero-order chi connectivity index (χ0) is 17.5. The van der Waals surface area contributed by atoms with Crippen molar-refractivity contribution >= 4 is 17.5 Å². The molecule has 4 rings (SSSR count). The third kappa shape index (κ3) is 2.93. The molecule has 2 aromatic carbocycles. The predicted octanol–water partition coefficient (Wildman–Crippen LogP) is 2.21. The molecule has 0 saturated carbocycles. The number of benzene rings is 2. The van der Waals surface area contributed by atoms with Gasteiger partial charge in [0.15, 0.2) is 0 Å². The van der Waals surface area contributed by atoms with Crippen molar-refractivity contribution in [1.82, 2.24) is 5.32 Å². The molecule has 130 valence electrons. The Hall–Kier alpha value is -1.92. The molecule has 2 N–H and O–H groups in total. The van der Waals surface area contributed by atoms with Gasteiger partial charge in [-0.05, 0) is 35.4 Å². The molecule has 2 aliphatic heterocycles. The third-order valence-electron chi connectivity index (χ3n) is 4.81. The number of hydrogen-bond acceptors (Lipinski definition) is 4. The smallest absolute Gasteiger partial charge is 0.252 e. The second-order valence-corrected chi connectivity index (χ2v) is 7.07. The van der Waals surface area contributed by atoms with Gasteiger partial charge in [-0.2, -0.15) is 0 Å². The molecule has 25 heavy (non-hydrogen) atoms. The van der Waals surface area contributed by atoms with Crippen molar-refractivity contribution in [3.63, 3.8) is 0 Å². The van der Waals surface area contributed by atoms with Gasteiger partial charge < -0.3 is 19.9 Å². The van der Waals surface area contributed by atoms with Crippen LogP contribution in [0.15, 0.2) is 48.5 Å². The van der Waals surface area contributed by atoms with E-state index in [1.54, 1.807) is 36.4 Å². The second-order valence-electron chi connectivity index (χ2n) is 6.64. The van der Waals surface area contributed by atoms with Crippen LogP contribution in [0.5, 0.6) is 0 Å². The minimum absolute atomic E-state index is 0.179. The predicted molar refractivity (Wildman–Crippen MR) is 92.6 cm³/mol. The van der Waals surface area contributed by atoms with Crippen molar-refractivity contribution in [2.45, 2.75) is 11.1 Å². The van der Waals surface area contributed by atoms with E-state index in [1.165, 1.54) is 0 Å². The highest BCUT2D eigenvalue weighted by molar-refractivity contribution is 6.30. The molecule has 2 aliphatic rings. The third-order valence-corrected chi connectivity index (χ3v) is 5.06. The zero-order valence-electron chi connectivity index (χ0n) is 13.5. The van der Waals surface area contributed by atoms with E-state index in [9.17, 15) is 9.90 Å². The molecule has 2 aromatic rings. The number of aliphatic hydroxyl groups is 1. The molecule has 0 unspecified atom stereocenters. The van der Waals surface area contributed by atoms with Crippen LogP contribution in [0, 0.1) is 0 Å². The largest absolute Gasteiger partial charge is 0.380 e. The summed E-state index contributed by atoms with van der Waals surface area (Å²) in [5, 5.41) is 14.0. The Morgan fingerprint density at radius 1 is 0.920 bits per heavy atom. The topological polar surface area (TPSA) is 67.8 Å². The zero-order valence-corrected chi connectivity index (χ0v) is 14.3. The summed E-state index contributed by atoms with van der Waals surface area (Å²) < 4.78 is 10.4. The van der Waals surface area contributed by atoms with E-state index in [1.807, 2.05) is 12.1 Å². The standard InChI is InChI=1S/C19H18ClNO4/c20-16-7-5-14(6-8-16)18(9-24-10-18)21-17(22)13-1-3-15(4-2-13)19(23)11-25-12-19/h1-8,23H,9-12H2,(H,21,22). The summed E-state index contributed by atoms with van der Waals surface area (Å²) in [4.78, 5) is 12.7. The van der Waals surface area contributed by atoms with Crippen LogP contribution in [0.3, 0.4) is 0 Å². The Bertz CT molecular complexity index is 780. The Labute approximate surface area is 150 Å². The number of hydrogen-bond donors (Lipinski definition) is 2. The lowest BCUT2D eigenvalue weighted by molar-refractivity contribution is -0.184. The fourth-order valence-corrected chi connectivity index (χ4v) is 3.20. The lowest BCUT2D eigenvalue weighted by Gasteiger charge is -2.42. The van der Waals surface area contributed by atoms with E-state index in [2.05, 4.69) is 5.32 Å². The minimum Gasteiger partial charge on any atom is -0.380 e. The molecule has 0 aliphatic carbocycles. The van der Waals surface area contributed by atoms with Crippen LogP contribution in [-0.2, 0) is 20.6 Å². The summed E-state index contributed by atoms with van der Waals surface area (Å²) >= 11 is 5.94. The maximum Gasteiger partial charge on any atom is 0.252 e. The normalized spacial score (nSPS) is 20.2. The first-order chi connectivity index (χ1) is 12.0. The second kappa shape index (κ2) is 6.11. The van der Waals surface area contributed by atoms with Gasteiger partial charge >= 0.3 is 0 Å². The molecular formula is C19H18ClNO4. The minimum atomic E-state index is -0.929. The van der Waals surface area contributed by atoms with Gasteiger partial charge in [0.05, 0.1) is 26.4 Å². The molecule has 2 saturated heterocycles. The highest BCUT2D eigenvalue weighted by atomic mass is 35.5. The first-order valence-corrected chi connectivity index (χ1v) is 8.46. The fraction of sp³-hybridized carbons (Fsp3) is 0.316. The number of nitrogens with one attached hydrogen (secondary N) is 1. The highest BCUT2D eigenvalue weighted by Gasteiger charge is 2.42. The van der Waals surface area contributed by atoms with Crippen LogP contribution in [-0.4, -0.2) is 37.4 Å². The van der Waals surface area contributed by atoms with Gasteiger partial charge in [-0.25, -0.2) is 0 Å². The van der Waals surface area contributed by atoms with Crippen LogP contribution in [0.4, 0.5) is 0 Å². The first-order valence-electron chi connectivity index (χ1n) is 8.08. The van der Waals surface area contributed by atoms with Crippen LogP contribution >= 0.6 is 11.6 Å². The van der Waals surface area contributed by atoms with Crippen molar-refractivity contribution in [2.24, 2.45) is 0 Å². The van der Waals surface area contributed by atoms with Gasteiger partial charge in [0.1, 0.15) is 11.1 Å². The molecular weight excluding hydrogens is 342 g/mol. The van der Waals surface area contributed by atoms with E-state index in [0.717, 1.165) is 11.1 Å². The summed E-state index contributed by atoms with van der Waals surface area (Å²) in [6.07, 6.45) is 0. The molecule has 0 spiro atoms. The van der Waals surface area contributed by atoms with E-state index in [4.69, 9.17) is 21.1 Å². The van der Waals surface area contributed by atoms with Crippen molar-refractivity contribution in [1.29, 1.82) is 0 Å². The van der Waals surface area contributed by atoms with Crippen molar-refractivity contribution < 1.29 is 19.4 Å². The van der Waals surface area contributed by atoms with E-state index in [-0.39, 0.29) is 19.1 Å². The Morgan fingerprint density at radius 2 is 1.48 bits per heavy atom. The molecule has 5 nitrogen and oxygen atoms in total. The van der Waals surface area contributed by atoms with Gasteiger partial charge in [-0.15, -0.1) is 0 Å². The molecule has 0 bridgehead atoms. The molecule has 0 aromatic heterocycles. The van der Waals surface area contributed by atoms with Crippen molar-refractivity contribution in [2.75, 3.05) is 26.4 Å². The van der Waals surface area contributed by atoms with Crippen LogP contribution in [0.2, 0.25) is 5.02 Å². The molecule has 0 radical (unpaired) electrons. The van der Waals surface area contributed by atoms with Gasteiger partial charge in [-0.1, -0.05) is 35.9 Å². The maximum absolute atomic E-state index is 12.7. The van der Waals surface area contributed by atoms with Gasteiger partial charge in [0.25, 0.3) is 5.91 Å². The van der Waals surface area contributed by atoms with Crippen LogP contribution in [0.1, 0.15) is 21.5 Å². The summed E-state index contributed by atoms with van der Waals surface area (Å²) in [5.41, 5.74) is 0.804. The van der Waals surface area contributed by atoms with Crippen molar-refractivity contribution in [3.8, 4) is 0 Å². The maximum atomic E-state index is 12.7. The molecule has 0 atom stereocenters. The molecule has 6 heteroatoms. The summed E-state index contributed by atoms with van der Waals surface area (Å²) in [6, 6.07) is 14.4. The molecule has 2 fully saturated rings. The number of carbonyl (C=O) groups is 1. The van der Waals surface area contributed by atoms with Crippen LogP contribution < -0.4 is 5.32 Å². The summed E-state index contributed by atoms with van der Waals surface area (Å²) in [6.45, 7) is 1.43. The number of rotatable bonds is 4. The molecule has 2 heterocycles. The molecule has 1 amide bonds. The van der Waals surface area contributed by atoms with E-state index in [0.29, 0.717) is 23.8 Å². The Morgan fingerprint density at radius 3 is 1.96 bits per heavy atom. The Kier molecular flexibility index (Phi) is 4.04. The average molecular weight is 360 g/mol. The van der Waals surface area contributed by atoms with E-state index >= 15 is 0 Å².